The van der Waals surface area contributed by atoms with Crippen LogP contribution in [-0.2, 0) is 17.8 Å². The van der Waals surface area contributed by atoms with Crippen LogP contribution in [0.3, 0.4) is 0 Å². The molecule has 1 aliphatic heterocycles. The predicted octanol–water partition coefficient (Wildman–Crippen LogP) is 0.800. The lowest BCUT2D eigenvalue weighted by molar-refractivity contribution is 0.0342. The van der Waals surface area contributed by atoms with Crippen molar-refractivity contribution in [1.82, 2.24) is 29.9 Å². The standard InChI is InChI=1S/C21H26N8O4/c1-31-17-11-16(24-21(25-17)32-2)23-20(30)18-19(22)29(27-26-18)13-15-5-3-14(4-6-15)12-28-7-9-33-10-8-28/h3-6,11H,7-10,12-13,22H2,1-2H3,(H,23,24,25,30). The van der Waals surface area contributed by atoms with Gasteiger partial charge < -0.3 is 25.3 Å². The van der Waals surface area contributed by atoms with Crippen molar-refractivity contribution in [2.75, 3.05) is 51.6 Å². The normalized spacial score (nSPS) is 14.1. The number of ether oxygens (including phenoxy) is 3. The zero-order valence-corrected chi connectivity index (χ0v) is 18.5. The molecule has 0 aliphatic carbocycles. The number of hydrogen-bond donors (Lipinski definition) is 2. The molecule has 1 amide bonds. The van der Waals surface area contributed by atoms with E-state index in [-0.39, 0.29) is 29.2 Å². The molecule has 3 N–H and O–H groups in total. The Bertz CT molecular complexity index is 1070. The van der Waals surface area contributed by atoms with Gasteiger partial charge in [-0.25, -0.2) is 4.68 Å². The van der Waals surface area contributed by atoms with Gasteiger partial charge in [-0.2, -0.15) is 9.97 Å². The molecular formula is C21H26N8O4. The van der Waals surface area contributed by atoms with Crippen LogP contribution >= 0.6 is 0 Å². The van der Waals surface area contributed by atoms with Gasteiger partial charge in [-0.15, -0.1) is 5.10 Å². The van der Waals surface area contributed by atoms with Crippen molar-refractivity contribution in [3.8, 4) is 11.9 Å². The number of carbonyl (C=O) groups is 1. The van der Waals surface area contributed by atoms with Crippen molar-refractivity contribution in [1.29, 1.82) is 0 Å². The van der Waals surface area contributed by atoms with Gasteiger partial charge in [0.1, 0.15) is 5.82 Å². The van der Waals surface area contributed by atoms with E-state index < -0.39 is 5.91 Å². The van der Waals surface area contributed by atoms with Crippen molar-refractivity contribution < 1.29 is 19.0 Å². The van der Waals surface area contributed by atoms with Gasteiger partial charge in [0.2, 0.25) is 5.88 Å². The molecule has 3 heterocycles. The van der Waals surface area contributed by atoms with Gasteiger partial charge in [0.25, 0.3) is 5.91 Å². The SMILES string of the molecule is COc1cc(NC(=O)c2nnn(Cc3ccc(CN4CCOCC4)cc3)c2N)nc(OC)n1. The Balaban J connectivity index is 1.40. The highest BCUT2D eigenvalue weighted by Crippen LogP contribution is 2.19. The number of aromatic nitrogens is 5. The first-order valence-electron chi connectivity index (χ1n) is 10.4. The molecular weight excluding hydrogens is 428 g/mol. The van der Waals surface area contributed by atoms with E-state index in [1.807, 2.05) is 12.1 Å². The van der Waals surface area contributed by atoms with Crippen LogP contribution in [0.4, 0.5) is 11.6 Å². The Kier molecular flexibility index (Phi) is 6.95. The summed E-state index contributed by atoms with van der Waals surface area (Å²) in [4.78, 5) is 23.1. The van der Waals surface area contributed by atoms with Gasteiger partial charge in [-0.05, 0) is 11.1 Å². The fourth-order valence-electron chi connectivity index (χ4n) is 3.38. The molecule has 1 aromatic carbocycles. The highest BCUT2D eigenvalue weighted by atomic mass is 16.5. The number of nitrogens with zero attached hydrogens (tertiary/aromatic N) is 6. The fraction of sp³-hybridized carbons (Fsp3) is 0.381. The number of nitrogens with one attached hydrogen (secondary N) is 1. The molecule has 4 rings (SSSR count). The number of anilines is 2. The molecule has 1 fully saturated rings. The minimum absolute atomic E-state index is 0.00418. The first-order valence-corrected chi connectivity index (χ1v) is 10.4. The maximum Gasteiger partial charge on any atom is 0.321 e. The topological polar surface area (TPSA) is 143 Å². The molecule has 33 heavy (non-hydrogen) atoms. The zero-order chi connectivity index (χ0) is 23.2. The Morgan fingerprint density at radius 2 is 1.79 bits per heavy atom. The predicted molar refractivity (Wildman–Crippen MR) is 119 cm³/mol. The maximum absolute atomic E-state index is 12.7. The van der Waals surface area contributed by atoms with Crippen molar-refractivity contribution >= 4 is 17.5 Å². The van der Waals surface area contributed by atoms with Gasteiger partial charge in [0.15, 0.2) is 11.5 Å². The van der Waals surface area contributed by atoms with Crippen molar-refractivity contribution in [3.05, 3.63) is 47.2 Å². The second kappa shape index (κ2) is 10.2. The molecule has 12 heteroatoms. The molecule has 2 aromatic heterocycles. The first-order chi connectivity index (χ1) is 16.1. The maximum atomic E-state index is 12.7. The van der Waals surface area contributed by atoms with E-state index in [4.69, 9.17) is 19.9 Å². The van der Waals surface area contributed by atoms with Crippen molar-refractivity contribution in [3.63, 3.8) is 0 Å². The lowest BCUT2D eigenvalue weighted by atomic mass is 10.1. The van der Waals surface area contributed by atoms with Crippen LogP contribution in [0.5, 0.6) is 11.9 Å². The zero-order valence-electron chi connectivity index (χ0n) is 18.5. The number of methoxy groups -OCH3 is 2. The van der Waals surface area contributed by atoms with Gasteiger partial charge >= 0.3 is 6.01 Å². The Labute approximate surface area is 190 Å². The van der Waals surface area contributed by atoms with Crippen LogP contribution in [-0.4, -0.2) is 76.3 Å². The second-order valence-corrected chi connectivity index (χ2v) is 7.42. The van der Waals surface area contributed by atoms with Crippen LogP contribution in [0.15, 0.2) is 30.3 Å². The third-order valence-corrected chi connectivity index (χ3v) is 5.17. The fourth-order valence-corrected chi connectivity index (χ4v) is 3.38. The quantitative estimate of drug-likeness (QED) is 0.502. The molecule has 0 bridgehead atoms. The number of morpholine rings is 1. The third kappa shape index (κ3) is 5.54. The van der Waals surface area contributed by atoms with E-state index in [0.29, 0.717) is 6.54 Å². The number of benzene rings is 1. The molecule has 12 nitrogen and oxygen atoms in total. The van der Waals surface area contributed by atoms with Crippen LogP contribution in [0.2, 0.25) is 0 Å². The summed E-state index contributed by atoms with van der Waals surface area (Å²) in [6, 6.07) is 9.73. The highest BCUT2D eigenvalue weighted by molar-refractivity contribution is 6.05. The lowest BCUT2D eigenvalue weighted by Crippen LogP contribution is -2.35. The lowest BCUT2D eigenvalue weighted by Gasteiger charge is -2.26. The second-order valence-electron chi connectivity index (χ2n) is 7.42. The van der Waals surface area contributed by atoms with Gasteiger partial charge in [-0.1, -0.05) is 29.5 Å². The summed E-state index contributed by atoms with van der Waals surface area (Å²) in [6.45, 7) is 4.71. The van der Waals surface area contributed by atoms with E-state index in [1.165, 1.54) is 30.5 Å². The van der Waals surface area contributed by atoms with Gasteiger partial charge in [0.05, 0.1) is 34.0 Å². The first kappa shape index (κ1) is 22.4. The molecule has 3 aromatic rings. The third-order valence-electron chi connectivity index (χ3n) is 5.17. The summed E-state index contributed by atoms with van der Waals surface area (Å²) < 4.78 is 17.0. The number of rotatable bonds is 8. The molecule has 0 saturated carbocycles. The van der Waals surface area contributed by atoms with Crippen LogP contribution in [0.25, 0.3) is 0 Å². The average molecular weight is 454 g/mol. The van der Waals surface area contributed by atoms with E-state index in [9.17, 15) is 4.79 Å². The molecule has 174 valence electrons. The summed E-state index contributed by atoms with van der Waals surface area (Å²) in [5, 5.41) is 10.6. The summed E-state index contributed by atoms with van der Waals surface area (Å²) in [5.74, 6) is 0.0274. The van der Waals surface area contributed by atoms with Crippen LogP contribution in [0.1, 0.15) is 21.6 Å². The van der Waals surface area contributed by atoms with E-state index in [0.717, 1.165) is 38.4 Å². The minimum Gasteiger partial charge on any atom is -0.481 e. The molecule has 1 aliphatic rings. The number of hydrogen-bond acceptors (Lipinski definition) is 10. The smallest absolute Gasteiger partial charge is 0.321 e. The monoisotopic (exact) mass is 454 g/mol. The molecule has 0 radical (unpaired) electrons. The number of nitrogen functional groups attached to an aromatic ring is 1. The highest BCUT2D eigenvalue weighted by Gasteiger charge is 2.19. The van der Waals surface area contributed by atoms with Crippen molar-refractivity contribution in [2.24, 2.45) is 0 Å². The average Bonchev–Trinajstić information content (AvgIpc) is 3.20. The Hall–Kier alpha value is -3.77. The van der Waals surface area contributed by atoms with E-state index in [1.54, 1.807) is 0 Å². The molecule has 1 saturated heterocycles. The Morgan fingerprint density at radius 3 is 2.45 bits per heavy atom. The summed E-state index contributed by atoms with van der Waals surface area (Å²) in [6.07, 6.45) is 0. The van der Waals surface area contributed by atoms with Crippen LogP contribution in [0, 0.1) is 0 Å². The minimum atomic E-state index is -0.553. The molecule has 0 spiro atoms. The molecule has 0 atom stereocenters. The van der Waals surface area contributed by atoms with E-state index >= 15 is 0 Å². The Morgan fingerprint density at radius 1 is 1.09 bits per heavy atom. The van der Waals surface area contributed by atoms with Gasteiger partial charge in [-0.3, -0.25) is 9.69 Å². The van der Waals surface area contributed by atoms with Crippen molar-refractivity contribution in [2.45, 2.75) is 13.1 Å². The largest absolute Gasteiger partial charge is 0.481 e. The summed E-state index contributed by atoms with van der Waals surface area (Å²) in [7, 11) is 2.87. The van der Waals surface area contributed by atoms with Crippen LogP contribution < -0.4 is 20.5 Å². The van der Waals surface area contributed by atoms with E-state index in [2.05, 4.69) is 42.6 Å². The summed E-state index contributed by atoms with van der Waals surface area (Å²) in [5.41, 5.74) is 8.36. The molecule has 0 unspecified atom stereocenters. The number of nitrogens with two attached hydrogens (primary N) is 1. The number of amides is 1. The summed E-state index contributed by atoms with van der Waals surface area (Å²) >= 11 is 0. The van der Waals surface area contributed by atoms with Gasteiger partial charge in [0, 0.05) is 25.7 Å². The number of carbonyl (C=O) groups excluding carboxylic acids is 1.